The summed E-state index contributed by atoms with van der Waals surface area (Å²) < 4.78 is 25.4. The molecular weight excluding hydrogens is 325 g/mol. The van der Waals surface area contributed by atoms with Crippen LogP contribution < -0.4 is 5.32 Å². The van der Waals surface area contributed by atoms with Gasteiger partial charge in [-0.2, -0.15) is 0 Å². The van der Waals surface area contributed by atoms with Crippen molar-refractivity contribution in [3.8, 4) is 0 Å². The van der Waals surface area contributed by atoms with Crippen molar-refractivity contribution >= 4 is 39.0 Å². The second-order valence-corrected chi connectivity index (χ2v) is 7.67. The van der Waals surface area contributed by atoms with E-state index in [-0.39, 0.29) is 21.4 Å². The fraction of sp³-hybridized carbons (Fsp3) is 0.417. The van der Waals surface area contributed by atoms with Gasteiger partial charge in [0.1, 0.15) is 0 Å². The Bertz CT molecular complexity index is 619. The van der Waals surface area contributed by atoms with Crippen LogP contribution in [0, 0.1) is 0 Å². The number of hydrogen-bond donors (Lipinski definition) is 2. The largest absolute Gasteiger partial charge is 0.479 e. The second-order valence-electron chi connectivity index (χ2n) is 4.62. The molecular formula is C12H13Cl2NO4S. The third-order valence-corrected chi connectivity index (χ3v) is 6.05. The van der Waals surface area contributed by atoms with Gasteiger partial charge in [-0.25, -0.2) is 13.2 Å². The Labute approximate surface area is 126 Å². The van der Waals surface area contributed by atoms with Gasteiger partial charge in [-0.3, -0.25) is 5.32 Å². The highest BCUT2D eigenvalue weighted by atomic mass is 35.5. The summed E-state index contributed by atoms with van der Waals surface area (Å²) in [6.07, 6.45) is 1.27. The molecule has 1 atom stereocenters. The molecule has 0 aliphatic carbocycles. The van der Waals surface area contributed by atoms with Crippen molar-refractivity contribution in [3.05, 3.63) is 28.2 Å². The van der Waals surface area contributed by atoms with Gasteiger partial charge in [-0.05, 0) is 44.0 Å². The van der Waals surface area contributed by atoms with Crippen molar-refractivity contribution in [1.82, 2.24) is 5.32 Å². The van der Waals surface area contributed by atoms with E-state index in [2.05, 4.69) is 5.32 Å². The van der Waals surface area contributed by atoms with E-state index in [9.17, 15) is 18.3 Å². The first kappa shape index (κ1) is 15.6. The van der Waals surface area contributed by atoms with Gasteiger partial charge in [0.15, 0.2) is 0 Å². The standard InChI is InChI=1S/C12H13Cl2NO4S/c13-8-5-9(14)7-10(6-8)20(18,19)12(11(16)17)3-1-2-4-15-12/h5-7,15H,1-4H2,(H,16,17)/t12-/m0/s1. The van der Waals surface area contributed by atoms with E-state index in [1.807, 2.05) is 0 Å². The summed E-state index contributed by atoms with van der Waals surface area (Å²) in [7, 11) is -4.15. The maximum atomic E-state index is 12.7. The lowest BCUT2D eigenvalue weighted by Crippen LogP contribution is -2.59. The van der Waals surface area contributed by atoms with E-state index in [4.69, 9.17) is 23.2 Å². The van der Waals surface area contributed by atoms with Gasteiger partial charge in [-0.15, -0.1) is 0 Å². The van der Waals surface area contributed by atoms with Crippen molar-refractivity contribution in [2.24, 2.45) is 0 Å². The molecule has 0 unspecified atom stereocenters. The number of carbonyl (C=O) groups is 1. The molecule has 1 aromatic rings. The van der Waals surface area contributed by atoms with Crippen molar-refractivity contribution in [1.29, 1.82) is 0 Å². The summed E-state index contributed by atoms with van der Waals surface area (Å²) in [5.41, 5.74) is 0. The van der Waals surface area contributed by atoms with Crippen molar-refractivity contribution < 1.29 is 18.3 Å². The lowest BCUT2D eigenvalue weighted by molar-refractivity contribution is -0.141. The minimum atomic E-state index is -4.15. The number of aliphatic carboxylic acids is 1. The van der Waals surface area contributed by atoms with Crippen LogP contribution in [0.15, 0.2) is 23.1 Å². The maximum Gasteiger partial charge on any atom is 0.340 e. The monoisotopic (exact) mass is 337 g/mol. The Morgan fingerprint density at radius 3 is 2.25 bits per heavy atom. The molecule has 2 rings (SSSR count). The fourth-order valence-corrected chi connectivity index (χ4v) is 4.85. The van der Waals surface area contributed by atoms with Crippen LogP contribution in [-0.4, -0.2) is 30.9 Å². The summed E-state index contributed by atoms with van der Waals surface area (Å²) in [5, 5.41) is 12.3. The molecule has 1 heterocycles. The first-order valence-electron chi connectivity index (χ1n) is 5.99. The molecule has 0 saturated carbocycles. The summed E-state index contributed by atoms with van der Waals surface area (Å²) in [4.78, 5) is 9.36. The Kier molecular flexibility index (Phi) is 4.30. The summed E-state index contributed by atoms with van der Waals surface area (Å²) in [5.74, 6) is -1.41. The Balaban J connectivity index is 2.59. The van der Waals surface area contributed by atoms with Crippen LogP contribution in [0.5, 0.6) is 0 Å². The maximum absolute atomic E-state index is 12.7. The highest BCUT2D eigenvalue weighted by Crippen LogP contribution is 2.33. The third-order valence-electron chi connectivity index (χ3n) is 3.32. The minimum absolute atomic E-state index is 0.00873. The fourth-order valence-electron chi connectivity index (χ4n) is 2.29. The van der Waals surface area contributed by atoms with E-state index in [1.54, 1.807) is 0 Å². The summed E-state index contributed by atoms with van der Waals surface area (Å²) >= 11 is 11.6. The number of nitrogens with one attached hydrogen (secondary N) is 1. The lowest BCUT2D eigenvalue weighted by Gasteiger charge is -2.33. The van der Waals surface area contributed by atoms with Gasteiger partial charge in [0.05, 0.1) is 4.90 Å². The third kappa shape index (κ3) is 2.53. The number of rotatable bonds is 3. The number of piperidine rings is 1. The van der Waals surface area contributed by atoms with Crippen LogP contribution in [0.25, 0.3) is 0 Å². The quantitative estimate of drug-likeness (QED) is 0.884. The molecule has 5 nitrogen and oxygen atoms in total. The smallest absolute Gasteiger partial charge is 0.340 e. The molecule has 0 aromatic heterocycles. The predicted octanol–water partition coefficient (Wildman–Crippen LogP) is 2.32. The van der Waals surface area contributed by atoms with E-state index in [0.717, 1.165) is 6.42 Å². The van der Waals surface area contributed by atoms with Crippen molar-refractivity contribution in [3.63, 3.8) is 0 Å². The van der Waals surface area contributed by atoms with Crippen molar-refractivity contribution in [2.45, 2.75) is 29.0 Å². The zero-order valence-electron chi connectivity index (χ0n) is 10.4. The Hall–Kier alpha value is -0.820. The van der Waals surface area contributed by atoms with E-state index in [1.165, 1.54) is 18.2 Å². The highest BCUT2D eigenvalue weighted by Gasteiger charge is 2.52. The van der Waals surface area contributed by atoms with Gasteiger partial charge in [0.25, 0.3) is 0 Å². The molecule has 0 radical (unpaired) electrons. The van der Waals surface area contributed by atoms with Crippen LogP contribution in [0.2, 0.25) is 10.0 Å². The molecule has 0 amide bonds. The topological polar surface area (TPSA) is 83.5 Å². The Morgan fingerprint density at radius 1 is 1.20 bits per heavy atom. The zero-order valence-corrected chi connectivity index (χ0v) is 12.7. The first-order valence-corrected chi connectivity index (χ1v) is 8.23. The summed E-state index contributed by atoms with van der Waals surface area (Å²) in [6.45, 7) is 0.333. The molecule has 2 N–H and O–H groups in total. The summed E-state index contributed by atoms with van der Waals surface area (Å²) in [6, 6.07) is 3.82. The van der Waals surface area contributed by atoms with E-state index < -0.39 is 20.7 Å². The number of halogens is 2. The predicted molar refractivity (Wildman–Crippen MR) is 75.9 cm³/mol. The SMILES string of the molecule is O=C(O)[C@@]1(S(=O)(=O)c2cc(Cl)cc(Cl)c2)CCCCN1. The van der Waals surface area contributed by atoms with Gasteiger partial charge in [-0.1, -0.05) is 23.2 Å². The minimum Gasteiger partial charge on any atom is -0.479 e. The molecule has 1 fully saturated rings. The zero-order chi connectivity index (χ0) is 15.0. The lowest BCUT2D eigenvalue weighted by atomic mass is 10.0. The highest BCUT2D eigenvalue weighted by molar-refractivity contribution is 7.93. The van der Waals surface area contributed by atoms with Crippen molar-refractivity contribution in [2.75, 3.05) is 6.54 Å². The van der Waals surface area contributed by atoms with E-state index in [0.29, 0.717) is 13.0 Å². The van der Waals surface area contributed by atoms with Gasteiger partial charge < -0.3 is 5.11 Å². The average molecular weight is 338 g/mol. The molecule has 20 heavy (non-hydrogen) atoms. The first-order chi connectivity index (χ1) is 9.29. The molecule has 1 aromatic carbocycles. The number of hydrogen-bond acceptors (Lipinski definition) is 4. The molecule has 8 heteroatoms. The van der Waals surface area contributed by atoms with Crippen LogP contribution in [-0.2, 0) is 14.6 Å². The number of benzene rings is 1. The number of sulfone groups is 1. The van der Waals surface area contributed by atoms with Gasteiger partial charge in [0.2, 0.25) is 14.7 Å². The second kappa shape index (κ2) is 5.52. The number of carboxylic acid groups (broad SMARTS) is 1. The molecule has 110 valence electrons. The number of carboxylic acids is 1. The van der Waals surface area contributed by atoms with Gasteiger partial charge >= 0.3 is 5.97 Å². The molecule has 0 bridgehead atoms. The van der Waals surface area contributed by atoms with Gasteiger partial charge in [0, 0.05) is 10.0 Å². The molecule has 1 aliphatic rings. The van der Waals surface area contributed by atoms with Crippen LogP contribution >= 0.6 is 23.2 Å². The molecule has 1 aliphatic heterocycles. The van der Waals surface area contributed by atoms with Crippen LogP contribution in [0.1, 0.15) is 19.3 Å². The Morgan fingerprint density at radius 2 is 1.80 bits per heavy atom. The normalized spacial score (nSPS) is 23.5. The average Bonchev–Trinajstić information content (AvgIpc) is 2.38. The van der Waals surface area contributed by atoms with Crippen LogP contribution in [0.3, 0.4) is 0 Å². The molecule has 0 spiro atoms. The van der Waals surface area contributed by atoms with Crippen LogP contribution in [0.4, 0.5) is 0 Å². The molecule has 1 saturated heterocycles. The van der Waals surface area contributed by atoms with E-state index >= 15 is 0 Å².